The SMILES string of the molecule is Cc1ccccc1-c1ncc(CN2C[C@H]3[C@H](N)CS(=O)(=O)[C@H]3C2)s1.Cl.Cl. The predicted molar refractivity (Wildman–Crippen MR) is 111 cm³/mol. The second-order valence-corrected chi connectivity index (χ2v) is 10.2. The Morgan fingerprint density at radius 1 is 1.27 bits per heavy atom. The molecule has 3 heterocycles. The van der Waals surface area contributed by atoms with Crippen molar-refractivity contribution in [2.75, 3.05) is 18.8 Å². The van der Waals surface area contributed by atoms with Gasteiger partial charge in [-0.2, -0.15) is 0 Å². The molecule has 2 aromatic rings. The maximum atomic E-state index is 12.2. The molecule has 2 fully saturated rings. The standard InChI is InChI=1S/C17H21N3O2S2.2ClH/c1-11-4-2-3-5-13(11)17-19-6-12(23-17)7-20-8-14-15(18)10-24(21,22)16(14)9-20;;/h2-6,14-16H,7-10,18H2,1H3;2*1H/t14-,15+,16-;;/m0../s1. The first kappa shape index (κ1) is 21.6. The quantitative estimate of drug-likeness (QED) is 0.800. The molecule has 0 saturated carbocycles. The Bertz CT molecular complexity index is 872. The number of nitrogens with two attached hydrogens (primary N) is 1. The molecule has 9 heteroatoms. The first-order valence-corrected chi connectivity index (χ1v) is 10.7. The summed E-state index contributed by atoms with van der Waals surface area (Å²) in [5.74, 6) is 0.229. The van der Waals surface area contributed by atoms with Crippen molar-refractivity contribution in [2.24, 2.45) is 11.7 Å². The second-order valence-electron chi connectivity index (χ2n) is 6.84. The molecule has 2 aliphatic heterocycles. The fourth-order valence-corrected chi connectivity index (χ4v) is 7.19. The van der Waals surface area contributed by atoms with Gasteiger partial charge in [-0.05, 0) is 12.5 Å². The molecule has 0 aliphatic carbocycles. The summed E-state index contributed by atoms with van der Waals surface area (Å²) in [6.07, 6.45) is 1.91. The average molecular weight is 436 g/mol. The van der Waals surface area contributed by atoms with E-state index >= 15 is 0 Å². The van der Waals surface area contributed by atoms with E-state index in [-0.39, 0.29) is 47.8 Å². The van der Waals surface area contributed by atoms with Crippen LogP contribution in [0.4, 0.5) is 0 Å². The summed E-state index contributed by atoms with van der Waals surface area (Å²) in [6.45, 7) is 4.20. The minimum Gasteiger partial charge on any atom is -0.326 e. The monoisotopic (exact) mass is 435 g/mol. The van der Waals surface area contributed by atoms with E-state index in [1.807, 2.05) is 18.3 Å². The van der Waals surface area contributed by atoms with Gasteiger partial charge in [-0.3, -0.25) is 4.90 Å². The van der Waals surface area contributed by atoms with Crippen molar-refractivity contribution in [1.82, 2.24) is 9.88 Å². The molecule has 0 bridgehead atoms. The fourth-order valence-electron chi connectivity index (χ4n) is 3.85. The van der Waals surface area contributed by atoms with Crippen LogP contribution in [-0.2, 0) is 16.4 Å². The van der Waals surface area contributed by atoms with Crippen LogP contribution in [-0.4, -0.2) is 48.4 Å². The molecule has 2 saturated heterocycles. The number of likely N-dealkylation sites (tertiary alicyclic amines) is 1. The number of rotatable bonds is 3. The number of halogens is 2. The molecule has 1 aromatic heterocycles. The van der Waals surface area contributed by atoms with Gasteiger partial charge >= 0.3 is 0 Å². The van der Waals surface area contributed by atoms with E-state index in [1.54, 1.807) is 11.3 Å². The molecule has 0 amide bonds. The van der Waals surface area contributed by atoms with Crippen LogP contribution in [0.1, 0.15) is 10.4 Å². The first-order chi connectivity index (χ1) is 11.4. The highest BCUT2D eigenvalue weighted by atomic mass is 35.5. The summed E-state index contributed by atoms with van der Waals surface area (Å²) in [4.78, 5) is 7.93. The Balaban J connectivity index is 0.00000121. The van der Waals surface area contributed by atoms with Crippen molar-refractivity contribution in [3.05, 3.63) is 40.9 Å². The molecule has 26 heavy (non-hydrogen) atoms. The number of hydrogen-bond donors (Lipinski definition) is 1. The van der Waals surface area contributed by atoms with Gasteiger partial charge in [0.15, 0.2) is 9.84 Å². The number of aryl methyl sites for hydroxylation is 1. The highest BCUT2D eigenvalue weighted by Gasteiger charge is 2.50. The van der Waals surface area contributed by atoms with Gasteiger partial charge in [0.25, 0.3) is 0 Å². The highest BCUT2D eigenvalue weighted by molar-refractivity contribution is 7.92. The van der Waals surface area contributed by atoms with Crippen LogP contribution < -0.4 is 5.73 Å². The van der Waals surface area contributed by atoms with E-state index in [1.165, 1.54) is 10.4 Å². The van der Waals surface area contributed by atoms with Crippen LogP contribution >= 0.6 is 36.2 Å². The second kappa shape index (κ2) is 8.12. The molecule has 5 nitrogen and oxygen atoms in total. The van der Waals surface area contributed by atoms with Crippen molar-refractivity contribution < 1.29 is 8.42 Å². The fraction of sp³-hybridized carbons (Fsp3) is 0.471. The summed E-state index contributed by atoms with van der Waals surface area (Å²) in [7, 11) is -3.02. The number of nitrogens with zero attached hydrogens (tertiary/aromatic N) is 2. The van der Waals surface area contributed by atoms with Gasteiger partial charge in [-0.15, -0.1) is 36.2 Å². The lowest BCUT2D eigenvalue weighted by Crippen LogP contribution is -2.32. The van der Waals surface area contributed by atoms with E-state index < -0.39 is 9.84 Å². The Labute approximate surface area is 170 Å². The molecular weight excluding hydrogens is 413 g/mol. The third-order valence-electron chi connectivity index (χ3n) is 5.13. The smallest absolute Gasteiger partial charge is 0.156 e. The van der Waals surface area contributed by atoms with E-state index in [0.717, 1.165) is 23.7 Å². The normalized spacial score (nSPS) is 26.8. The zero-order valence-corrected chi connectivity index (χ0v) is 17.6. The van der Waals surface area contributed by atoms with Gasteiger partial charge in [0.05, 0.1) is 11.0 Å². The minimum atomic E-state index is -3.02. The molecule has 1 aromatic carbocycles. The highest BCUT2D eigenvalue weighted by Crippen LogP contribution is 2.35. The van der Waals surface area contributed by atoms with E-state index in [0.29, 0.717) is 6.54 Å². The lowest BCUT2D eigenvalue weighted by atomic mass is 10.0. The molecule has 3 atom stereocenters. The molecule has 144 valence electrons. The number of aromatic nitrogens is 1. The Kier molecular flexibility index (Phi) is 6.75. The number of thiazole rings is 1. The predicted octanol–water partition coefficient (Wildman–Crippen LogP) is 2.52. The maximum Gasteiger partial charge on any atom is 0.156 e. The van der Waals surface area contributed by atoms with Crippen LogP contribution in [0.2, 0.25) is 0 Å². The van der Waals surface area contributed by atoms with Gasteiger partial charge in [0, 0.05) is 48.2 Å². The molecule has 2 aliphatic rings. The Hall–Kier alpha value is -0.700. The van der Waals surface area contributed by atoms with Gasteiger partial charge in [0.1, 0.15) is 5.01 Å². The minimum absolute atomic E-state index is 0. The molecule has 0 unspecified atom stereocenters. The largest absolute Gasteiger partial charge is 0.326 e. The summed E-state index contributed by atoms with van der Waals surface area (Å²) >= 11 is 1.68. The molecule has 0 radical (unpaired) electrons. The Morgan fingerprint density at radius 3 is 2.69 bits per heavy atom. The lowest BCUT2D eigenvalue weighted by molar-refractivity contribution is 0.310. The van der Waals surface area contributed by atoms with Crippen LogP contribution in [0.15, 0.2) is 30.5 Å². The molecule has 0 spiro atoms. The number of benzene rings is 1. The lowest BCUT2D eigenvalue weighted by Gasteiger charge is -2.16. The van der Waals surface area contributed by atoms with Crippen molar-refractivity contribution in [1.29, 1.82) is 0 Å². The van der Waals surface area contributed by atoms with Crippen LogP contribution in [0.5, 0.6) is 0 Å². The number of hydrogen-bond acceptors (Lipinski definition) is 6. The third kappa shape index (κ3) is 3.93. The van der Waals surface area contributed by atoms with E-state index in [4.69, 9.17) is 5.73 Å². The first-order valence-electron chi connectivity index (χ1n) is 8.14. The van der Waals surface area contributed by atoms with Gasteiger partial charge < -0.3 is 5.73 Å². The van der Waals surface area contributed by atoms with Crippen LogP contribution in [0.3, 0.4) is 0 Å². The van der Waals surface area contributed by atoms with Crippen molar-refractivity contribution in [3.63, 3.8) is 0 Å². The summed E-state index contributed by atoms with van der Waals surface area (Å²) in [6, 6.07) is 8.01. The van der Waals surface area contributed by atoms with Gasteiger partial charge in [-0.25, -0.2) is 13.4 Å². The van der Waals surface area contributed by atoms with Crippen LogP contribution in [0.25, 0.3) is 10.6 Å². The van der Waals surface area contributed by atoms with E-state index in [2.05, 4.69) is 28.9 Å². The van der Waals surface area contributed by atoms with Crippen molar-refractivity contribution >= 4 is 46.0 Å². The molecule has 2 N–H and O–H groups in total. The van der Waals surface area contributed by atoms with E-state index in [9.17, 15) is 8.42 Å². The zero-order valence-electron chi connectivity index (χ0n) is 14.4. The van der Waals surface area contributed by atoms with Gasteiger partial charge in [-0.1, -0.05) is 24.3 Å². The average Bonchev–Trinajstić information content (AvgIpc) is 3.19. The zero-order chi connectivity index (χ0) is 16.9. The summed E-state index contributed by atoms with van der Waals surface area (Å²) < 4.78 is 24.3. The Morgan fingerprint density at radius 2 is 2.00 bits per heavy atom. The summed E-state index contributed by atoms with van der Waals surface area (Å²) in [5.41, 5.74) is 8.41. The number of sulfone groups is 1. The number of fused-ring (bicyclic) bond motifs is 1. The van der Waals surface area contributed by atoms with Crippen molar-refractivity contribution in [3.8, 4) is 10.6 Å². The maximum absolute atomic E-state index is 12.2. The van der Waals surface area contributed by atoms with Crippen LogP contribution in [0, 0.1) is 12.8 Å². The molecule has 4 rings (SSSR count). The summed E-state index contributed by atoms with van der Waals surface area (Å²) in [5, 5.41) is 0.739. The third-order valence-corrected chi connectivity index (χ3v) is 8.42. The van der Waals surface area contributed by atoms with Gasteiger partial charge in [0.2, 0.25) is 0 Å². The van der Waals surface area contributed by atoms with Crippen molar-refractivity contribution in [2.45, 2.75) is 24.8 Å². The molecular formula is C17H23Cl2N3O2S2. The topological polar surface area (TPSA) is 76.3 Å².